The smallest absolute Gasteiger partial charge is 0.207 e. The lowest BCUT2D eigenvalue weighted by molar-refractivity contribution is 0.540. The Balaban J connectivity index is 2.25. The van der Waals surface area contributed by atoms with E-state index in [0.717, 1.165) is 6.07 Å². The lowest BCUT2D eigenvalue weighted by Gasteiger charge is -2.13. The first kappa shape index (κ1) is 12.7. The number of rotatable bonds is 3. The Morgan fingerprint density at radius 2 is 1.94 bits per heavy atom. The molecule has 1 N–H and O–H groups in total. The second-order valence-corrected chi connectivity index (χ2v) is 6.43. The molecule has 0 bridgehead atoms. The maximum absolute atomic E-state index is 13.6. The second kappa shape index (κ2) is 4.88. The van der Waals surface area contributed by atoms with Gasteiger partial charge in [0.1, 0.15) is 10.7 Å². The van der Waals surface area contributed by atoms with Crippen molar-refractivity contribution in [2.24, 2.45) is 0 Å². The van der Waals surface area contributed by atoms with Gasteiger partial charge in [-0.3, -0.25) is 0 Å². The van der Waals surface area contributed by atoms with Crippen LogP contribution in [0.25, 0.3) is 0 Å². The quantitative estimate of drug-likeness (QED) is 0.870. The van der Waals surface area contributed by atoms with Gasteiger partial charge in [0.15, 0.2) is 0 Å². The summed E-state index contributed by atoms with van der Waals surface area (Å²) < 4.78 is 40.4. The van der Waals surface area contributed by atoms with E-state index in [4.69, 9.17) is 0 Å². The number of hydrogen-bond acceptors (Lipinski definition) is 2. The molecule has 0 aromatic heterocycles. The highest BCUT2D eigenvalue weighted by Gasteiger charge is 2.23. The molecule has 1 aliphatic carbocycles. The Morgan fingerprint density at radius 3 is 2.53 bits per heavy atom. The van der Waals surface area contributed by atoms with Crippen molar-refractivity contribution in [1.82, 2.24) is 4.72 Å². The van der Waals surface area contributed by atoms with E-state index in [2.05, 4.69) is 20.7 Å². The van der Waals surface area contributed by atoms with Crippen LogP contribution in [-0.4, -0.2) is 14.5 Å². The van der Waals surface area contributed by atoms with Gasteiger partial charge in [-0.2, -0.15) is 0 Å². The standard InChI is InChI=1S/C11H11BrFNO2S/c12-8-5-6-11(10(13)7-8)17(15,16)14-9-3-1-2-4-9/h1-2,5-7,9,14H,3-4H2. The fourth-order valence-corrected chi connectivity index (χ4v) is 3.34. The van der Waals surface area contributed by atoms with Crippen LogP contribution in [0.15, 0.2) is 39.7 Å². The van der Waals surface area contributed by atoms with Gasteiger partial charge in [-0.05, 0) is 31.0 Å². The van der Waals surface area contributed by atoms with Crippen molar-refractivity contribution < 1.29 is 12.8 Å². The van der Waals surface area contributed by atoms with Crippen molar-refractivity contribution >= 4 is 26.0 Å². The average Bonchev–Trinajstić information content (AvgIpc) is 2.68. The van der Waals surface area contributed by atoms with Gasteiger partial charge in [-0.15, -0.1) is 0 Å². The molecule has 0 saturated heterocycles. The lowest BCUT2D eigenvalue weighted by Crippen LogP contribution is -2.33. The average molecular weight is 320 g/mol. The minimum atomic E-state index is -3.78. The topological polar surface area (TPSA) is 46.2 Å². The summed E-state index contributed by atoms with van der Waals surface area (Å²) in [4.78, 5) is -0.312. The largest absolute Gasteiger partial charge is 0.243 e. The minimum absolute atomic E-state index is 0.164. The van der Waals surface area contributed by atoms with Crippen LogP contribution in [-0.2, 0) is 10.0 Å². The molecular formula is C11H11BrFNO2S. The second-order valence-electron chi connectivity index (χ2n) is 3.84. The van der Waals surface area contributed by atoms with E-state index < -0.39 is 15.8 Å². The molecule has 0 heterocycles. The van der Waals surface area contributed by atoms with Gasteiger partial charge in [0.05, 0.1) is 0 Å². The maximum Gasteiger partial charge on any atom is 0.243 e. The molecule has 1 aromatic rings. The van der Waals surface area contributed by atoms with E-state index in [0.29, 0.717) is 17.3 Å². The van der Waals surface area contributed by atoms with Crippen molar-refractivity contribution in [3.05, 3.63) is 40.6 Å². The van der Waals surface area contributed by atoms with Crippen molar-refractivity contribution in [2.45, 2.75) is 23.8 Å². The molecule has 0 fully saturated rings. The normalized spacial score (nSPS) is 16.6. The zero-order chi connectivity index (χ0) is 12.5. The summed E-state index contributed by atoms with van der Waals surface area (Å²) in [6, 6.07) is 3.74. The molecule has 0 amide bonds. The van der Waals surface area contributed by atoms with E-state index in [9.17, 15) is 12.8 Å². The fourth-order valence-electron chi connectivity index (χ4n) is 1.69. The van der Waals surface area contributed by atoms with E-state index >= 15 is 0 Å². The third-order valence-electron chi connectivity index (χ3n) is 2.51. The minimum Gasteiger partial charge on any atom is -0.207 e. The molecule has 1 aromatic carbocycles. The molecule has 0 unspecified atom stereocenters. The SMILES string of the molecule is O=S(=O)(NC1CC=CC1)c1ccc(Br)cc1F. The summed E-state index contributed by atoms with van der Waals surface area (Å²) in [5.41, 5.74) is 0. The molecule has 0 radical (unpaired) electrons. The Hall–Kier alpha value is -0.720. The Morgan fingerprint density at radius 1 is 1.29 bits per heavy atom. The summed E-state index contributed by atoms with van der Waals surface area (Å²) in [5.74, 6) is -0.752. The molecule has 0 aliphatic heterocycles. The van der Waals surface area contributed by atoms with Gasteiger partial charge in [-0.1, -0.05) is 28.1 Å². The fraction of sp³-hybridized carbons (Fsp3) is 0.273. The predicted molar refractivity (Wildman–Crippen MR) is 66.6 cm³/mol. The molecule has 0 spiro atoms. The third-order valence-corrected chi connectivity index (χ3v) is 4.56. The number of benzene rings is 1. The summed E-state index contributed by atoms with van der Waals surface area (Å²) in [7, 11) is -3.78. The van der Waals surface area contributed by atoms with Gasteiger partial charge < -0.3 is 0 Å². The number of halogens is 2. The van der Waals surface area contributed by atoms with Gasteiger partial charge in [0.2, 0.25) is 10.0 Å². The van der Waals surface area contributed by atoms with Crippen molar-refractivity contribution in [3.8, 4) is 0 Å². The first-order valence-corrected chi connectivity index (χ1v) is 7.39. The summed E-state index contributed by atoms with van der Waals surface area (Å²) in [6.07, 6.45) is 5.12. The molecule has 17 heavy (non-hydrogen) atoms. The Kier molecular flexibility index (Phi) is 3.65. The summed E-state index contributed by atoms with van der Waals surface area (Å²) in [6.45, 7) is 0. The summed E-state index contributed by atoms with van der Waals surface area (Å²) >= 11 is 3.09. The van der Waals surface area contributed by atoms with E-state index in [-0.39, 0.29) is 10.9 Å². The molecule has 2 rings (SSSR count). The van der Waals surface area contributed by atoms with Crippen molar-refractivity contribution in [2.75, 3.05) is 0 Å². The summed E-state index contributed by atoms with van der Waals surface area (Å²) in [5, 5.41) is 0. The van der Waals surface area contributed by atoms with Crippen LogP contribution >= 0.6 is 15.9 Å². The van der Waals surface area contributed by atoms with E-state index in [1.807, 2.05) is 12.2 Å². The van der Waals surface area contributed by atoms with E-state index in [1.54, 1.807) is 0 Å². The molecule has 0 saturated carbocycles. The van der Waals surface area contributed by atoms with Crippen LogP contribution in [0, 0.1) is 5.82 Å². The van der Waals surface area contributed by atoms with Gasteiger partial charge in [0.25, 0.3) is 0 Å². The Labute approximate surface area is 108 Å². The highest BCUT2D eigenvalue weighted by atomic mass is 79.9. The highest BCUT2D eigenvalue weighted by Crippen LogP contribution is 2.21. The third kappa shape index (κ3) is 2.94. The van der Waals surface area contributed by atoms with Crippen LogP contribution in [0.4, 0.5) is 4.39 Å². The lowest BCUT2D eigenvalue weighted by atomic mass is 10.3. The van der Waals surface area contributed by atoms with E-state index in [1.165, 1.54) is 12.1 Å². The first-order valence-electron chi connectivity index (χ1n) is 5.11. The van der Waals surface area contributed by atoms with Crippen LogP contribution < -0.4 is 4.72 Å². The zero-order valence-corrected chi connectivity index (χ0v) is 11.3. The molecule has 92 valence electrons. The van der Waals surface area contributed by atoms with Gasteiger partial charge in [-0.25, -0.2) is 17.5 Å². The maximum atomic E-state index is 13.6. The van der Waals surface area contributed by atoms with Crippen LogP contribution in [0.5, 0.6) is 0 Å². The van der Waals surface area contributed by atoms with Crippen molar-refractivity contribution in [3.63, 3.8) is 0 Å². The number of nitrogens with one attached hydrogen (secondary N) is 1. The Bertz CT molecular complexity index is 549. The monoisotopic (exact) mass is 319 g/mol. The molecule has 6 heteroatoms. The molecular weight excluding hydrogens is 309 g/mol. The van der Waals surface area contributed by atoms with Gasteiger partial charge in [0, 0.05) is 10.5 Å². The molecule has 3 nitrogen and oxygen atoms in total. The van der Waals surface area contributed by atoms with Crippen molar-refractivity contribution in [1.29, 1.82) is 0 Å². The number of hydrogen-bond donors (Lipinski definition) is 1. The highest BCUT2D eigenvalue weighted by molar-refractivity contribution is 9.10. The molecule has 0 atom stereocenters. The first-order chi connectivity index (χ1) is 7.99. The number of sulfonamides is 1. The van der Waals surface area contributed by atoms with Gasteiger partial charge >= 0.3 is 0 Å². The van der Waals surface area contributed by atoms with Crippen LogP contribution in [0.3, 0.4) is 0 Å². The molecule has 1 aliphatic rings. The predicted octanol–water partition coefficient (Wildman–Crippen LogP) is 2.59. The zero-order valence-electron chi connectivity index (χ0n) is 8.86. The van der Waals surface area contributed by atoms with Crippen LogP contribution in [0.1, 0.15) is 12.8 Å². The van der Waals surface area contributed by atoms with Crippen LogP contribution in [0.2, 0.25) is 0 Å².